The number of guanidine groups is 1. The average molecular weight is 1020 g/mol. The van der Waals surface area contributed by atoms with E-state index >= 15 is 0 Å². The molecule has 0 radical (unpaired) electrons. The fraction of sp³-hybridized carbons (Fsp3) is 0.614. The van der Waals surface area contributed by atoms with Crippen LogP contribution in [0, 0.1) is 17.8 Å². The molecule has 0 aliphatic carbocycles. The summed E-state index contributed by atoms with van der Waals surface area (Å²) in [5.41, 5.74) is 27.5. The molecule has 1 saturated heterocycles. The van der Waals surface area contributed by atoms with Crippen LogP contribution in [0.2, 0.25) is 0 Å². The normalized spacial score (nSPS) is 22.1. The van der Waals surface area contributed by atoms with Crippen molar-refractivity contribution in [3.8, 4) is 5.75 Å². The van der Waals surface area contributed by atoms with E-state index in [0.29, 0.717) is 0 Å². The predicted octanol–water partition coefficient (Wildman–Crippen LogP) is -6.41. The zero-order valence-corrected chi connectivity index (χ0v) is 41.1. The summed E-state index contributed by atoms with van der Waals surface area (Å²) < 4.78 is 5.45. The number of aliphatic hydroxyl groups excluding tert-OH is 3. The summed E-state index contributed by atoms with van der Waals surface area (Å²) >= 11 is 0. The van der Waals surface area contributed by atoms with E-state index in [9.17, 15) is 68.4 Å². The maximum absolute atomic E-state index is 14.6. The minimum absolute atomic E-state index is 0.0273. The first-order valence-corrected chi connectivity index (χ1v) is 23.1. The number of hydrogen-bond acceptors (Lipinski definition) is 17. The SMILES string of the molecule is CC[C@H](C)[C@@H]1NC(=O)C([C@H](O)C(C)C)NC(=O)C([C@@H](O)c2ccc(O)cc2)NC(=O)[C@H](NC(=O)[C@@H](NC(=O)[C@@H](CCCN=C(N)N)NC(=O)[C@@H](CC(C)C)NC(=O)[C@H](C)N)[C@@H](O)C(N)=O)C(C(N)=O)OC1=O. The molecule has 13 atom stereocenters. The van der Waals surface area contributed by atoms with E-state index in [2.05, 4.69) is 36.9 Å². The minimum atomic E-state index is -2.66. The molecule has 28 nitrogen and oxygen atoms in total. The van der Waals surface area contributed by atoms with Crippen LogP contribution in [0.1, 0.15) is 85.8 Å². The number of esters is 1. The van der Waals surface area contributed by atoms with Gasteiger partial charge < -0.3 is 91.0 Å². The Balaban J connectivity index is 2.84. The Morgan fingerprint density at radius 1 is 0.736 bits per heavy atom. The topological polar surface area (TPSA) is 488 Å². The second kappa shape index (κ2) is 28.0. The zero-order chi connectivity index (χ0) is 54.9. The third-order valence-electron chi connectivity index (χ3n) is 11.4. The van der Waals surface area contributed by atoms with Crippen molar-refractivity contribution in [2.45, 2.75) is 147 Å². The summed E-state index contributed by atoms with van der Waals surface area (Å²) in [5, 5.41) is 59.5. The lowest BCUT2D eigenvalue weighted by Crippen LogP contribution is -2.66. The number of hydrogen-bond donors (Lipinski definition) is 16. The highest BCUT2D eigenvalue weighted by Gasteiger charge is 2.46. The molecule has 402 valence electrons. The number of cyclic esters (lactones) is 1. The number of nitrogens with zero attached hydrogens (tertiary/aromatic N) is 1. The Morgan fingerprint density at radius 3 is 1.79 bits per heavy atom. The van der Waals surface area contributed by atoms with Crippen molar-refractivity contribution >= 4 is 65.1 Å². The maximum Gasteiger partial charge on any atom is 0.329 e. The third-order valence-corrected chi connectivity index (χ3v) is 11.4. The molecule has 1 fully saturated rings. The van der Waals surface area contributed by atoms with Gasteiger partial charge in [0.2, 0.25) is 53.4 Å². The molecule has 28 heteroatoms. The van der Waals surface area contributed by atoms with Crippen molar-refractivity contribution in [2.24, 2.45) is 51.4 Å². The summed E-state index contributed by atoms with van der Waals surface area (Å²) in [6.07, 6.45) is -9.15. The monoisotopic (exact) mass is 1020 g/mol. The molecule has 1 heterocycles. The highest BCUT2D eigenvalue weighted by molar-refractivity contribution is 6.02. The van der Waals surface area contributed by atoms with E-state index in [0.717, 1.165) is 24.3 Å². The minimum Gasteiger partial charge on any atom is -0.508 e. The van der Waals surface area contributed by atoms with Crippen LogP contribution in [0.3, 0.4) is 0 Å². The fourth-order valence-electron chi connectivity index (χ4n) is 7.01. The number of phenolic OH excluding ortho intramolecular Hbond substituents is 1. The van der Waals surface area contributed by atoms with Crippen LogP contribution in [-0.4, -0.2) is 159 Å². The van der Waals surface area contributed by atoms with Gasteiger partial charge in [0.15, 0.2) is 18.1 Å². The molecule has 1 aliphatic rings. The fourth-order valence-corrected chi connectivity index (χ4v) is 7.01. The Labute approximate surface area is 415 Å². The lowest BCUT2D eigenvalue weighted by atomic mass is 9.95. The second-order valence-corrected chi connectivity index (χ2v) is 18.2. The van der Waals surface area contributed by atoms with Crippen LogP contribution < -0.4 is 65.9 Å². The van der Waals surface area contributed by atoms with E-state index in [1.54, 1.807) is 20.8 Å². The summed E-state index contributed by atoms with van der Waals surface area (Å²) in [6.45, 7) is 10.8. The van der Waals surface area contributed by atoms with Crippen molar-refractivity contribution in [2.75, 3.05) is 6.54 Å². The average Bonchev–Trinajstić information content (AvgIpc) is 3.30. The molecule has 1 aliphatic heterocycles. The second-order valence-electron chi connectivity index (χ2n) is 18.2. The molecule has 3 unspecified atom stereocenters. The Kier molecular flexibility index (Phi) is 23.7. The molecule has 0 bridgehead atoms. The molecule has 0 aromatic heterocycles. The molecule has 2 rings (SSSR count). The summed E-state index contributed by atoms with van der Waals surface area (Å²) in [5.74, 6) is -15.8. The van der Waals surface area contributed by atoms with Crippen LogP contribution in [0.5, 0.6) is 5.75 Å². The number of nitrogens with two attached hydrogens (primary N) is 5. The van der Waals surface area contributed by atoms with Crippen molar-refractivity contribution in [1.82, 2.24) is 37.2 Å². The highest BCUT2D eigenvalue weighted by atomic mass is 16.6. The number of carbonyl (C=O) groups is 10. The maximum atomic E-state index is 14.6. The third kappa shape index (κ3) is 17.9. The Morgan fingerprint density at radius 2 is 1.28 bits per heavy atom. The smallest absolute Gasteiger partial charge is 0.329 e. The molecule has 1 aromatic rings. The van der Waals surface area contributed by atoms with E-state index in [4.69, 9.17) is 33.4 Å². The van der Waals surface area contributed by atoms with Crippen LogP contribution in [0.25, 0.3) is 0 Å². The lowest BCUT2D eigenvalue weighted by Gasteiger charge is -2.31. The Hall–Kier alpha value is -7.17. The summed E-state index contributed by atoms with van der Waals surface area (Å²) in [7, 11) is 0. The number of primary amides is 2. The van der Waals surface area contributed by atoms with Gasteiger partial charge in [0, 0.05) is 6.54 Å². The number of amides is 9. The Bertz CT molecular complexity index is 2140. The van der Waals surface area contributed by atoms with Crippen LogP contribution in [-0.2, 0) is 52.7 Å². The van der Waals surface area contributed by atoms with Gasteiger partial charge in [-0.25, -0.2) is 4.79 Å². The lowest BCUT2D eigenvalue weighted by molar-refractivity contribution is -0.163. The van der Waals surface area contributed by atoms with Gasteiger partial charge in [0.05, 0.1) is 12.1 Å². The number of rotatable bonds is 23. The van der Waals surface area contributed by atoms with Gasteiger partial charge in [-0.05, 0) is 61.6 Å². The number of aromatic hydroxyl groups is 1. The number of ether oxygens (including phenoxy) is 1. The number of phenols is 1. The molecule has 0 spiro atoms. The zero-order valence-electron chi connectivity index (χ0n) is 41.1. The van der Waals surface area contributed by atoms with Crippen molar-refractivity contribution in [3.05, 3.63) is 29.8 Å². The first-order valence-electron chi connectivity index (χ1n) is 23.1. The molecule has 0 saturated carbocycles. The van der Waals surface area contributed by atoms with E-state index < -0.39 is 144 Å². The van der Waals surface area contributed by atoms with E-state index in [1.165, 1.54) is 27.7 Å². The predicted molar refractivity (Wildman–Crippen MR) is 254 cm³/mol. The number of carbonyl (C=O) groups excluding carboxylic acids is 10. The number of aliphatic imine (C=N–C) groups is 1. The van der Waals surface area contributed by atoms with E-state index in [1.807, 2.05) is 5.32 Å². The van der Waals surface area contributed by atoms with Crippen molar-refractivity contribution in [1.29, 1.82) is 0 Å². The van der Waals surface area contributed by atoms with Gasteiger partial charge in [0.25, 0.3) is 5.91 Å². The standard InChI is InChI=1S/C44H71N13O15/c1-8-19(6)25-43(71)72-33(35(47)63)29(42(70)56-27(31(60)21-11-13-22(58)14-12-21)40(68)55-26(39(67)53-25)30(59)18(4)5)57-41(69)28(32(61)34(46)62)54-37(65)23(10-9-15-50-44(48)49)51-38(66)24(16-17(2)3)52-36(64)20(7)45/h11-14,17-20,23-33,58-61H,8-10,15-16,45H2,1-7H3,(H2,46,62)(H2,47,63)(H,51,66)(H,52,64)(H,53,67)(H,54,65)(H,55,68)(H,56,70)(H,57,69)(H4,48,49,50)/t19-,20-,23+,24+,25-,26?,27?,28-,29+,30+,31-,32+,33?/m0/s1. The first-order chi connectivity index (χ1) is 33.5. The van der Waals surface area contributed by atoms with E-state index in [-0.39, 0.29) is 55.4 Å². The van der Waals surface area contributed by atoms with Gasteiger partial charge >= 0.3 is 5.97 Å². The molecule has 21 N–H and O–H groups in total. The summed E-state index contributed by atoms with van der Waals surface area (Å²) in [4.78, 5) is 141. The van der Waals surface area contributed by atoms with Crippen LogP contribution in [0.4, 0.5) is 0 Å². The van der Waals surface area contributed by atoms with Crippen LogP contribution in [0.15, 0.2) is 29.3 Å². The molecule has 9 amide bonds. The number of aliphatic hydroxyl groups is 3. The van der Waals surface area contributed by atoms with Gasteiger partial charge in [-0.1, -0.05) is 60.1 Å². The first kappa shape index (κ1) is 61.0. The van der Waals surface area contributed by atoms with Crippen LogP contribution >= 0.6 is 0 Å². The highest BCUT2D eigenvalue weighted by Crippen LogP contribution is 2.22. The molecular weight excluding hydrogens is 951 g/mol. The summed E-state index contributed by atoms with van der Waals surface area (Å²) in [6, 6.07) is -10.4. The molecule has 72 heavy (non-hydrogen) atoms. The number of benzene rings is 1. The van der Waals surface area contributed by atoms with Gasteiger partial charge in [0.1, 0.15) is 48.1 Å². The number of nitrogens with one attached hydrogen (secondary N) is 7. The van der Waals surface area contributed by atoms with Gasteiger partial charge in [-0.15, -0.1) is 0 Å². The quantitative estimate of drug-likeness (QED) is 0.0210. The molecule has 1 aromatic carbocycles. The van der Waals surface area contributed by atoms with Crippen molar-refractivity contribution in [3.63, 3.8) is 0 Å². The van der Waals surface area contributed by atoms with Crippen molar-refractivity contribution < 1.29 is 73.1 Å². The largest absolute Gasteiger partial charge is 0.508 e. The molecular formula is C44H71N13O15. The van der Waals surface area contributed by atoms with Gasteiger partial charge in [-0.2, -0.15) is 0 Å². The van der Waals surface area contributed by atoms with Gasteiger partial charge in [-0.3, -0.25) is 48.1 Å².